The van der Waals surface area contributed by atoms with Crippen molar-refractivity contribution in [1.29, 1.82) is 0 Å². The molecule has 5 nitrogen and oxygen atoms in total. The van der Waals surface area contributed by atoms with E-state index in [-0.39, 0.29) is 18.9 Å². The zero-order valence-corrected chi connectivity index (χ0v) is 8.16. The lowest BCUT2D eigenvalue weighted by molar-refractivity contribution is -0.123. The smallest absolute Gasteiger partial charge is 0.222 e. The van der Waals surface area contributed by atoms with Crippen molar-refractivity contribution in [1.82, 2.24) is 10.2 Å². The van der Waals surface area contributed by atoms with Crippen LogP contribution in [0.25, 0.3) is 0 Å². The van der Waals surface area contributed by atoms with Gasteiger partial charge >= 0.3 is 0 Å². The lowest BCUT2D eigenvalue weighted by Gasteiger charge is -2.11. The summed E-state index contributed by atoms with van der Waals surface area (Å²) in [5.41, 5.74) is 0. The third-order valence-corrected chi connectivity index (χ3v) is 1.51. The van der Waals surface area contributed by atoms with Crippen molar-refractivity contribution < 1.29 is 15.0 Å². The molecule has 0 saturated carbocycles. The molecule has 1 unspecified atom stereocenters. The quantitative estimate of drug-likeness (QED) is 0.472. The van der Waals surface area contributed by atoms with Gasteiger partial charge in [0, 0.05) is 13.1 Å². The molecule has 0 aromatic rings. The first-order valence-corrected chi connectivity index (χ1v) is 4.26. The second kappa shape index (κ2) is 6.82. The molecule has 0 aliphatic rings. The Morgan fingerprint density at radius 1 is 1.54 bits per heavy atom. The lowest BCUT2D eigenvalue weighted by atomic mass is 10.2. The van der Waals surface area contributed by atoms with Crippen LogP contribution in [0.4, 0.5) is 0 Å². The van der Waals surface area contributed by atoms with Gasteiger partial charge in [0.15, 0.2) is 0 Å². The van der Waals surface area contributed by atoms with Crippen LogP contribution in [0.1, 0.15) is 6.42 Å². The summed E-state index contributed by atoms with van der Waals surface area (Å²) in [4.78, 5) is 12.9. The zero-order chi connectivity index (χ0) is 10.3. The first-order valence-electron chi connectivity index (χ1n) is 4.26. The molecule has 0 radical (unpaired) electrons. The second-order valence-electron chi connectivity index (χ2n) is 3.19. The Balaban J connectivity index is 3.41. The summed E-state index contributed by atoms with van der Waals surface area (Å²) in [7, 11) is 3.82. The number of aliphatic hydroxyl groups excluding tert-OH is 2. The molecule has 0 spiro atoms. The maximum atomic E-state index is 11.0. The minimum absolute atomic E-state index is 0.0378. The van der Waals surface area contributed by atoms with Crippen LogP contribution in [0.15, 0.2) is 0 Å². The number of hydrogen-bond acceptors (Lipinski definition) is 4. The number of likely N-dealkylation sites (N-methyl/N-ethyl adjacent to an activating group) is 1. The molecule has 0 fully saturated rings. The molecule has 3 N–H and O–H groups in total. The topological polar surface area (TPSA) is 72.8 Å². The van der Waals surface area contributed by atoms with Crippen molar-refractivity contribution in [2.75, 3.05) is 33.8 Å². The highest BCUT2D eigenvalue weighted by molar-refractivity contribution is 5.76. The van der Waals surface area contributed by atoms with E-state index in [0.29, 0.717) is 6.54 Å². The first kappa shape index (κ1) is 12.3. The lowest BCUT2D eigenvalue weighted by Crippen LogP contribution is -2.33. The molecule has 0 heterocycles. The molecule has 0 rings (SSSR count). The normalized spacial score (nSPS) is 13.0. The molecule has 0 aromatic carbocycles. The Labute approximate surface area is 78.4 Å². The van der Waals surface area contributed by atoms with E-state index < -0.39 is 6.10 Å². The van der Waals surface area contributed by atoms with Crippen LogP contribution in [0.3, 0.4) is 0 Å². The van der Waals surface area contributed by atoms with Gasteiger partial charge in [-0.3, -0.25) is 4.79 Å². The van der Waals surface area contributed by atoms with Gasteiger partial charge in [0.1, 0.15) is 0 Å². The summed E-state index contributed by atoms with van der Waals surface area (Å²) in [5.74, 6) is -0.233. The van der Waals surface area contributed by atoms with E-state index in [4.69, 9.17) is 10.2 Å². The van der Waals surface area contributed by atoms with Crippen molar-refractivity contribution in [2.45, 2.75) is 12.5 Å². The summed E-state index contributed by atoms with van der Waals surface area (Å²) in [6.07, 6.45) is -0.983. The predicted octanol–water partition coefficient (Wildman–Crippen LogP) is -1.59. The highest BCUT2D eigenvalue weighted by atomic mass is 16.3. The summed E-state index contributed by atoms with van der Waals surface area (Å²) in [6.45, 7) is 0.950. The molecule has 0 bridgehead atoms. The van der Waals surface area contributed by atoms with Gasteiger partial charge in [-0.15, -0.1) is 0 Å². The number of rotatable bonds is 6. The molecular formula is C8H18N2O3. The van der Waals surface area contributed by atoms with Gasteiger partial charge < -0.3 is 20.4 Å². The number of carbonyl (C=O) groups is 1. The molecule has 13 heavy (non-hydrogen) atoms. The van der Waals surface area contributed by atoms with E-state index in [0.717, 1.165) is 6.54 Å². The van der Waals surface area contributed by atoms with Crippen molar-refractivity contribution in [3.8, 4) is 0 Å². The third kappa shape index (κ3) is 7.70. The fourth-order valence-corrected chi connectivity index (χ4v) is 0.770. The Hall–Kier alpha value is -0.650. The number of aliphatic hydroxyl groups is 2. The molecule has 78 valence electrons. The second-order valence-corrected chi connectivity index (χ2v) is 3.19. The van der Waals surface area contributed by atoms with Gasteiger partial charge in [-0.1, -0.05) is 0 Å². The van der Waals surface area contributed by atoms with E-state index in [9.17, 15) is 4.79 Å². The number of amides is 1. The van der Waals surface area contributed by atoms with E-state index in [1.165, 1.54) is 0 Å². The van der Waals surface area contributed by atoms with Crippen LogP contribution < -0.4 is 5.32 Å². The fourth-order valence-electron chi connectivity index (χ4n) is 0.770. The predicted molar refractivity (Wildman–Crippen MR) is 49.3 cm³/mol. The largest absolute Gasteiger partial charge is 0.394 e. The molecule has 0 aliphatic heterocycles. The Kier molecular flexibility index (Phi) is 6.48. The maximum absolute atomic E-state index is 11.0. The van der Waals surface area contributed by atoms with Crippen molar-refractivity contribution in [3.05, 3.63) is 0 Å². The summed E-state index contributed by atoms with van der Waals surface area (Å²) >= 11 is 0. The molecular weight excluding hydrogens is 172 g/mol. The Bertz CT molecular complexity index is 150. The van der Waals surface area contributed by atoms with Gasteiger partial charge in [-0.2, -0.15) is 0 Å². The van der Waals surface area contributed by atoms with Crippen molar-refractivity contribution >= 4 is 5.91 Å². The number of carbonyl (C=O) groups excluding carboxylic acids is 1. The van der Waals surface area contributed by atoms with Gasteiger partial charge in [0.05, 0.1) is 19.1 Å². The number of nitrogens with one attached hydrogen (secondary N) is 1. The van der Waals surface area contributed by atoms with Crippen LogP contribution in [-0.4, -0.2) is 60.9 Å². The average Bonchev–Trinajstić information content (AvgIpc) is 2.03. The molecule has 5 heteroatoms. The number of nitrogens with zero attached hydrogens (tertiary/aromatic N) is 1. The van der Waals surface area contributed by atoms with E-state index in [1.54, 1.807) is 0 Å². The average molecular weight is 190 g/mol. The Morgan fingerprint density at radius 3 is 2.62 bits per heavy atom. The van der Waals surface area contributed by atoms with Gasteiger partial charge in [-0.05, 0) is 14.1 Å². The van der Waals surface area contributed by atoms with E-state index in [2.05, 4.69) is 5.32 Å². The standard InChI is InChI=1S/C8H18N2O3/c1-10(2)4-3-9-8(13)5-7(12)6-11/h7,11-12H,3-6H2,1-2H3,(H,9,13). The minimum Gasteiger partial charge on any atom is -0.394 e. The molecule has 1 atom stereocenters. The summed E-state index contributed by atoms with van der Waals surface area (Å²) in [5, 5.41) is 20.0. The van der Waals surface area contributed by atoms with Crippen molar-refractivity contribution in [3.63, 3.8) is 0 Å². The SMILES string of the molecule is CN(C)CCNC(=O)CC(O)CO. The van der Waals surface area contributed by atoms with Gasteiger partial charge in [0.2, 0.25) is 5.91 Å². The highest BCUT2D eigenvalue weighted by Crippen LogP contribution is 1.88. The van der Waals surface area contributed by atoms with Crippen LogP contribution in [0.5, 0.6) is 0 Å². The molecule has 1 amide bonds. The van der Waals surface area contributed by atoms with E-state index in [1.807, 2.05) is 19.0 Å². The molecule has 0 saturated heterocycles. The summed E-state index contributed by atoms with van der Waals surface area (Å²) in [6, 6.07) is 0. The third-order valence-electron chi connectivity index (χ3n) is 1.51. The zero-order valence-electron chi connectivity index (χ0n) is 8.16. The van der Waals surface area contributed by atoms with Gasteiger partial charge in [-0.25, -0.2) is 0 Å². The number of hydrogen-bond donors (Lipinski definition) is 3. The van der Waals surface area contributed by atoms with Crippen LogP contribution >= 0.6 is 0 Å². The van der Waals surface area contributed by atoms with Gasteiger partial charge in [0.25, 0.3) is 0 Å². The fraction of sp³-hybridized carbons (Fsp3) is 0.875. The summed E-state index contributed by atoms with van der Waals surface area (Å²) < 4.78 is 0. The first-order chi connectivity index (χ1) is 6.06. The van der Waals surface area contributed by atoms with Crippen LogP contribution in [0, 0.1) is 0 Å². The minimum atomic E-state index is -0.945. The van der Waals surface area contributed by atoms with E-state index >= 15 is 0 Å². The monoisotopic (exact) mass is 190 g/mol. The highest BCUT2D eigenvalue weighted by Gasteiger charge is 2.08. The molecule has 0 aliphatic carbocycles. The maximum Gasteiger partial charge on any atom is 0.222 e. The molecule has 0 aromatic heterocycles. The van der Waals surface area contributed by atoms with Crippen LogP contribution in [0.2, 0.25) is 0 Å². The van der Waals surface area contributed by atoms with Crippen molar-refractivity contribution in [2.24, 2.45) is 0 Å². The van der Waals surface area contributed by atoms with Crippen LogP contribution in [-0.2, 0) is 4.79 Å². The Morgan fingerprint density at radius 2 is 2.15 bits per heavy atom.